The van der Waals surface area contributed by atoms with Gasteiger partial charge in [0.2, 0.25) is 0 Å². The summed E-state index contributed by atoms with van der Waals surface area (Å²) in [5.41, 5.74) is 1.10. The van der Waals surface area contributed by atoms with Crippen molar-refractivity contribution in [3.05, 3.63) is 28.5 Å². The Morgan fingerprint density at radius 2 is 1.81 bits per heavy atom. The summed E-state index contributed by atoms with van der Waals surface area (Å²) in [6.07, 6.45) is 0. The van der Waals surface area contributed by atoms with Crippen LogP contribution < -0.4 is 10.6 Å². The van der Waals surface area contributed by atoms with Crippen molar-refractivity contribution in [3.8, 4) is 0 Å². The highest BCUT2D eigenvalue weighted by molar-refractivity contribution is 9.10. The van der Waals surface area contributed by atoms with E-state index in [4.69, 9.17) is 0 Å². The molecule has 0 amide bonds. The molecule has 16 heavy (non-hydrogen) atoms. The van der Waals surface area contributed by atoms with Crippen LogP contribution >= 0.6 is 15.9 Å². The third kappa shape index (κ3) is 2.44. The van der Waals surface area contributed by atoms with E-state index in [9.17, 15) is 0 Å². The molecule has 0 unspecified atom stereocenters. The first-order valence-corrected chi connectivity index (χ1v) is 6.34. The molecule has 0 aromatic carbocycles. The maximum atomic E-state index is 4.51. The Balaban J connectivity index is 2.21. The third-order valence-electron chi connectivity index (χ3n) is 3.07. The van der Waals surface area contributed by atoms with E-state index in [1.807, 2.05) is 18.2 Å². The van der Waals surface area contributed by atoms with Gasteiger partial charge in [0, 0.05) is 13.1 Å². The lowest BCUT2D eigenvalue weighted by Crippen LogP contribution is -2.62. The Morgan fingerprint density at radius 1 is 1.19 bits per heavy atom. The molecule has 1 saturated heterocycles. The van der Waals surface area contributed by atoms with Gasteiger partial charge < -0.3 is 0 Å². The minimum Gasteiger partial charge on any atom is -0.294 e. The van der Waals surface area contributed by atoms with Gasteiger partial charge in [-0.1, -0.05) is 19.9 Å². The Labute approximate surface area is 105 Å². The van der Waals surface area contributed by atoms with Gasteiger partial charge >= 0.3 is 0 Å². The first kappa shape index (κ1) is 12.0. The van der Waals surface area contributed by atoms with Crippen molar-refractivity contribution >= 4 is 15.9 Å². The van der Waals surface area contributed by atoms with Crippen LogP contribution in [0.1, 0.15) is 26.5 Å². The van der Waals surface area contributed by atoms with Gasteiger partial charge in [0.1, 0.15) is 10.3 Å². The highest BCUT2D eigenvalue weighted by Gasteiger charge is 2.35. The van der Waals surface area contributed by atoms with Crippen molar-refractivity contribution in [2.45, 2.75) is 26.4 Å². The molecular weight excluding hydrogens is 266 g/mol. The SMILES string of the molecule is CC1(C)CNC(C)(c2cccc(Br)n2)NC1. The molecule has 1 aliphatic heterocycles. The Morgan fingerprint density at radius 3 is 2.38 bits per heavy atom. The molecule has 0 aliphatic carbocycles. The van der Waals surface area contributed by atoms with Crippen molar-refractivity contribution in [2.75, 3.05) is 13.1 Å². The van der Waals surface area contributed by atoms with Crippen LogP contribution in [0.2, 0.25) is 0 Å². The van der Waals surface area contributed by atoms with Gasteiger partial charge in [-0.15, -0.1) is 0 Å². The highest BCUT2D eigenvalue weighted by atomic mass is 79.9. The Kier molecular flexibility index (Phi) is 3.07. The summed E-state index contributed by atoms with van der Waals surface area (Å²) in [4.78, 5) is 4.51. The van der Waals surface area contributed by atoms with Crippen LogP contribution in [-0.2, 0) is 5.66 Å². The lowest BCUT2D eigenvalue weighted by atomic mass is 9.88. The average molecular weight is 284 g/mol. The van der Waals surface area contributed by atoms with Crippen LogP contribution in [0, 0.1) is 5.41 Å². The number of pyridine rings is 1. The van der Waals surface area contributed by atoms with Crippen molar-refractivity contribution in [2.24, 2.45) is 5.41 Å². The van der Waals surface area contributed by atoms with E-state index in [0.717, 1.165) is 23.4 Å². The van der Waals surface area contributed by atoms with Crippen molar-refractivity contribution in [3.63, 3.8) is 0 Å². The zero-order valence-corrected chi connectivity index (χ0v) is 11.6. The molecule has 0 atom stereocenters. The van der Waals surface area contributed by atoms with Gasteiger partial charge in [0.15, 0.2) is 0 Å². The summed E-state index contributed by atoms with van der Waals surface area (Å²) < 4.78 is 0.875. The smallest absolute Gasteiger partial charge is 0.110 e. The zero-order chi connectivity index (χ0) is 11.8. The van der Waals surface area contributed by atoms with Gasteiger partial charge in [-0.25, -0.2) is 4.98 Å². The zero-order valence-electron chi connectivity index (χ0n) is 9.97. The molecule has 2 N–H and O–H groups in total. The minimum absolute atomic E-state index is 0.223. The van der Waals surface area contributed by atoms with Crippen LogP contribution in [0.3, 0.4) is 0 Å². The largest absolute Gasteiger partial charge is 0.294 e. The van der Waals surface area contributed by atoms with Gasteiger partial charge in [-0.2, -0.15) is 0 Å². The number of nitrogens with zero attached hydrogens (tertiary/aromatic N) is 1. The second-order valence-electron chi connectivity index (χ2n) is 5.34. The summed E-state index contributed by atoms with van der Waals surface area (Å²) >= 11 is 3.41. The molecule has 0 bridgehead atoms. The number of hydrogen-bond acceptors (Lipinski definition) is 3. The number of hydrogen-bond donors (Lipinski definition) is 2. The summed E-state index contributed by atoms with van der Waals surface area (Å²) in [6, 6.07) is 6.00. The van der Waals surface area contributed by atoms with Gasteiger partial charge in [0.25, 0.3) is 0 Å². The second kappa shape index (κ2) is 4.09. The van der Waals surface area contributed by atoms with E-state index in [0.29, 0.717) is 5.41 Å². The molecule has 3 nitrogen and oxygen atoms in total. The predicted molar refractivity (Wildman–Crippen MR) is 69.1 cm³/mol. The van der Waals surface area contributed by atoms with E-state index in [1.165, 1.54) is 0 Å². The maximum Gasteiger partial charge on any atom is 0.110 e. The fraction of sp³-hybridized carbons (Fsp3) is 0.583. The molecule has 1 aliphatic rings. The molecule has 88 valence electrons. The number of rotatable bonds is 1. The third-order valence-corrected chi connectivity index (χ3v) is 3.51. The van der Waals surface area contributed by atoms with E-state index >= 15 is 0 Å². The van der Waals surface area contributed by atoms with Crippen molar-refractivity contribution in [1.82, 2.24) is 15.6 Å². The normalized spacial score (nSPS) is 23.0. The van der Waals surface area contributed by atoms with E-state index in [-0.39, 0.29) is 5.66 Å². The molecule has 4 heteroatoms. The standard InChI is InChI=1S/C12H18BrN3/c1-11(2)7-14-12(3,15-8-11)9-5-4-6-10(13)16-9/h4-6,14-15H,7-8H2,1-3H3. The first-order chi connectivity index (χ1) is 7.41. The Bertz CT molecular complexity index is 380. The molecule has 1 aromatic rings. The quantitative estimate of drug-likeness (QED) is 0.777. The molecule has 0 saturated carbocycles. The lowest BCUT2D eigenvalue weighted by molar-refractivity contribution is 0.144. The molecule has 2 rings (SSSR count). The highest BCUT2D eigenvalue weighted by Crippen LogP contribution is 2.25. The second-order valence-corrected chi connectivity index (χ2v) is 6.15. The van der Waals surface area contributed by atoms with Gasteiger partial charge in [-0.3, -0.25) is 10.6 Å². The predicted octanol–water partition coefficient (Wildman–Crippen LogP) is 2.24. The first-order valence-electron chi connectivity index (χ1n) is 5.54. The van der Waals surface area contributed by atoms with Gasteiger partial charge in [0.05, 0.1) is 5.69 Å². The van der Waals surface area contributed by atoms with Crippen molar-refractivity contribution < 1.29 is 0 Å². The number of nitrogens with one attached hydrogen (secondary N) is 2. The minimum atomic E-state index is -0.223. The van der Waals surface area contributed by atoms with E-state index in [2.05, 4.69) is 52.3 Å². The Hall–Kier alpha value is -0.450. The summed E-state index contributed by atoms with van der Waals surface area (Å²) in [6.45, 7) is 8.62. The van der Waals surface area contributed by atoms with Crippen molar-refractivity contribution in [1.29, 1.82) is 0 Å². The summed E-state index contributed by atoms with van der Waals surface area (Å²) in [7, 11) is 0. The maximum absolute atomic E-state index is 4.51. The fourth-order valence-electron chi connectivity index (χ4n) is 1.82. The number of halogens is 1. The van der Waals surface area contributed by atoms with Gasteiger partial charge in [-0.05, 0) is 40.4 Å². The van der Waals surface area contributed by atoms with E-state index in [1.54, 1.807) is 0 Å². The van der Waals surface area contributed by atoms with Crippen LogP contribution in [0.5, 0.6) is 0 Å². The van der Waals surface area contributed by atoms with Crippen LogP contribution in [-0.4, -0.2) is 18.1 Å². The molecule has 1 fully saturated rings. The monoisotopic (exact) mass is 283 g/mol. The lowest BCUT2D eigenvalue weighted by Gasteiger charge is -2.43. The molecule has 1 aromatic heterocycles. The summed E-state index contributed by atoms with van der Waals surface area (Å²) in [5.74, 6) is 0. The van der Waals surface area contributed by atoms with Crippen LogP contribution in [0.25, 0.3) is 0 Å². The fourth-order valence-corrected chi connectivity index (χ4v) is 2.17. The van der Waals surface area contributed by atoms with Crippen LogP contribution in [0.15, 0.2) is 22.8 Å². The molecular formula is C12H18BrN3. The molecule has 0 radical (unpaired) electrons. The molecule has 0 spiro atoms. The summed E-state index contributed by atoms with van der Waals surface area (Å²) in [5, 5.41) is 7.07. The van der Waals surface area contributed by atoms with E-state index < -0.39 is 0 Å². The molecule has 2 heterocycles. The van der Waals surface area contributed by atoms with Crippen LogP contribution in [0.4, 0.5) is 0 Å². The average Bonchev–Trinajstić information content (AvgIpc) is 2.23. The number of aromatic nitrogens is 1. The topological polar surface area (TPSA) is 37.0 Å².